The van der Waals surface area contributed by atoms with E-state index in [2.05, 4.69) is 0 Å². The highest BCUT2D eigenvalue weighted by atomic mass is 32.2. The third-order valence-corrected chi connectivity index (χ3v) is 2.86. The second kappa shape index (κ2) is 5.83. The molecule has 0 saturated heterocycles. The van der Waals surface area contributed by atoms with Crippen LogP contribution in [0.2, 0.25) is 0 Å². The summed E-state index contributed by atoms with van der Waals surface area (Å²) >= 11 is 0. The van der Waals surface area contributed by atoms with Crippen LogP contribution in [-0.4, -0.2) is 26.1 Å². The maximum absolute atomic E-state index is 11.0. The molecule has 0 aromatic heterocycles. The third-order valence-electron chi connectivity index (χ3n) is 2.14. The minimum Gasteiger partial charge on any atom is -0.494 e. The molecule has 0 aliphatic heterocycles. The smallest absolute Gasteiger partial charge is 0.307 e. The van der Waals surface area contributed by atoms with Crippen molar-refractivity contribution in [3.8, 4) is 5.75 Å². The van der Waals surface area contributed by atoms with Crippen molar-refractivity contribution in [1.82, 2.24) is 0 Å². The molecular formula is C11H15NO5S. The summed E-state index contributed by atoms with van der Waals surface area (Å²) in [6.07, 6.45) is -0.143. The highest BCUT2D eigenvalue weighted by molar-refractivity contribution is 7.88. The fourth-order valence-corrected chi connectivity index (χ4v) is 2.18. The first-order chi connectivity index (χ1) is 8.31. The van der Waals surface area contributed by atoms with Crippen LogP contribution >= 0.6 is 0 Å². The zero-order valence-corrected chi connectivity index (χ0v) is 10.7. The van der Waals surface area contributed by atoms with Gasteiger partial charge in [0.1, 0.15) is 5.75 Å². The molecule has 0 amide bonds. The fraction of sp³-hybridized carbons (Fsp3) is 0.364. The number of carboxylic acids is 1. The zero-order chi connectivity index (χ0) is 13.8. The SMILES string of the molecule is CCOc1cc(CC(=O)O)ccc1CS(N)(=O)=O. The van der Waals surface area contributed by atoms with Gasteiger partial charge in [-0.15, -0.1) is 0 Å². The minimum absolute atomic E-state index is 0.143. The monoisotopic (exact) mass is 273 g/mol. The summed E-state index contributed by atoms with van der Waals surface area (Å²) in [5.41, 5.74) is 0.970. The highest BCUT2D eigenvalue weighted by Gasteiger charge is 2.12. The Labute approximate surface area is 105 Å². The quantitative estimate of drug-likeness (QED) is 0.785. The van der Waals surface area contributed by atoms with Crippen LogP contribution in [0, 0.1) is 0 Å². The number of ether oxygens (including phenoxy) is 1. The molecule has 1 rings (SSSR count). The Balaban J connectivity index is 3.07. The van der Waals surface area contributed by atoms with Gasteiger partial charge in [-0.3, -0.25) is 4.79 Å². The van der Waals surface area contributed by atoms with Crippen LogP contribution in [0.15, 0.2) is 18.2 Å². The van der Waals surface area contributed by atoms with E-state index in [4.69, 9.17) is 15.0 Å². The van der Waals surface area contributed by atoms with Gasteiger partial charge in [0.15, 0.2) is 0 Å². The number of sulfonamides is 1. The average molecular weight is 273 g/mol. The molecule has 0 bridgehead atoms. The first-order valence-electron chi connectivity index (χ1n) is 5.28. The van der Waals surface area contributed by atoms with E-state index in [0.717, 1.165) is 0 Å². The van der Waals surface area contributed by atoms with Crippen molar-refractivity contribution < 1.29 is 23.1 Å². The van der Waals surface area contributed by atoms with Gasteiger partial charge >= 0.3 is 5.97 Å². The molecule has 18 heavy (non-hydrogen) atoms. The number of aliphatic carboxylic acids is 1. The van der Waals surface area contributed by atoms with Crippen molar-refractivity contribution in [3.63, 3.8) is 0 Å². The zero-order valence-electron chi connectivity index (χ0n) is 9.92. The minimum atomic E-state index is -3.65. The predicted octanol–water partition coefficient (Wildman–Crippen LogP) is 0.501. The molecule has 1 aromatic carbocycles. The molecule has 0 radical (unpaired) electrons. The molecule has 0 unspecified atom stereocenters. The molecule has 0 aliphatic carbocycles. The van der Waals surface area contributed by atoms with Crippen molar-refractivity contribution in [2.45, 2.75) is 19.1 Å². The van der Waals surface area contributed by atoms with Gasteiger partial charge in [0.25, 0.3) is 0 Å². The molecule has 0 spiro atoms. The lowest BCUT2D eigenvalue weighted by Crippen LogP contribution is -2.15. The van der Waals surface area contributed by atoms with Gasteiger partial charge in [-0.2, -0.15) is 0 Å². The first kappa shape index (κ1) is 14.5. The Kier molecular flexibility index (Phi) is 4.69. The summed E-state index contributed by atoms with van der Waals surface area (Å²) in [4.78, 5) is 10.6. The summed E-state index contributed by atoms with van der Waals surface area (Å²) in [6.45, 7) is 2.11. The van der Waals surface area contributed by atoms with E-state index in [9.17, 15) is 13.2 Å². The van der Waals surface area contributed by atoms with E-state index in [-0.39, 0.29) is 12.2 Å². The maximum atomic E-state index is 11.0. The van der Waals surface area contributed by atoms with Gasteiger partial charge in [0, 0.05) is 5.56 Å². The number of hydrogen-bond acceptors (Lipinski definition) is 4. The lowest BCUT2D eigenvalue weighted by atomic mass is 10.1. The highest BCUT2D eigenvalue weighted by Crippen LogP contribution is 2.22. The van der Waals surface area contributed by atoms with Gasteiger partial charge in [-0.05, 0) is 18.6 Å². The second-order valence-electron chi connectivity index (χ2n) is 3.75. The number of hydrogen-bond donors (Lipinski definition) is 2. The van der Waals surface area contributed by atoms with Crippen LogP contribution in [0.25, 0.3) is 0 Å². The summed E-state index contributed by atoms with van der Waals surface area (Å²) in [6, 6.07) is 4.60. The van der Waals surface area contributed by atoms with Crippen molar-refractivity contribution in [2.24, 2.45) is 5.14 Å². The van der Waals surface area contributed by atoms with Gasteiger partial charge < -0.3 is 9.84 Å². The Hall–Kier alpha value is -1.60. The Bertz CT molecular complexity index is 538. The van der Waals surface area contributed by atoms with E-state index >= 15 is 0 Å². The topological polar surface area (TPSA) is 107 Å². The molecule has 0 atom stereocenters. The number of carboxylic acid groups (broad SMARTS) is 1. The Morgan fingerprint density at radius 2 is 2.11 bits per heavy atom. The van der Waals surface area contributed by atoms with E-state index < -0.39 is 16.0 Å². The van der Waals surface area contributed by atoms with Gasteiger partial charge in [0.05, 0.1) is 18.8 Å². The maximum Gasteiger partial charge on any atom is 0.307 e. The molecule has 0 heterocycles. The largest absolute Gasteiger partial charge is 0.494 e. The van der Waals surface area contributed by atoms with Crippen LogP contribution in [-0.2, 0) is 27.0 Å². The second-order valence-corrected chi connectivity index (χ2v) is 5.37. The average Bonchev–Trinajstić information content (AvgIpc) is 2.19. The molecular weight excluding hydrogens is 258 g/mol. The normalized spacial score (nSPS) is 11.2. The van der Waals surface area contributed by atoms with Gasteiger partial charge in [-0.25, -0.2) is 13.6 Å². The van der Waals surface area contributed by atoms with E-state index in [1.165, 1.54) is 12.1 Å². The van der Waals surface area contributed by atoms with E-state index in [1.807, 2.05) is 0 Å². The van der Waals surface area contributed by atoms with Crippen LogP contribution in [0.3, 0.4) is 0 Å². The van der Waals surface area contributed by atoms with E-state index in [1.54, 1.807) is 13.0 Å². The molecule has 0 saturated carbocycles. The third kappa shape index (κ3) is 4.72. The van der Waals surface area contributed by atoms with Crippen LogP contribution in [0.5, 0.6) is 5.75 Å². The van der Waals surface area contributed by atoms with Crippen molar-refractivity contribution in [3.05, 3.63) is 29.3 Å². The van der Waals surface area contributed by atoms with Crippen LogP contribution < -0.4 is 9.88 Å². The molecule has 0 fully saturated rings. The van der Waals surface area contributed by atoms with E-state index in [0.29, 0.717) is 23.5 Å². The molecule has 0 aliphatic rings. The first-order valence-corrected chi connectivity index (χ1v) is 7.00. The summed E-state index contributed by atoms with van der Waals surface area (Å²) in [5, 5.41) is 13.7. The number of nitrogens with two attached hydrogens (primary N) is 1. The predicted molar refractivity (Wildman–Crippen MR) is 65.8 cm³/mol. The summed E-state index contributed by atoms with van der Waals surface area (Å²) < 4.78 is 27.4. The van der Waals surface area contributed by atoms with Crippen LogP contribution in [0.1, 0.15) is 18.1 Å². The molecule has 1 aromatic rings. The molecule has 3 N–H and O–H groups in total. The summed E-state index contributed by atoms with van der Waals surface area (Å²) in [7, 11) is -3.65. The molecule has 7 heteroatoms. The lowest BCUT2D eigenvalue weighted by Gasteiger charge is -2.11. The summed E-state index contributed by atoms with van der Waals surface area (Å²) in [5.74, 6) is -0.947. The molecule has 100 valence electrons. The van der Waals surface area contributed by atoms with Crippen molar-refractivity contribution in [1.29, 1.82) is 0 Å². The lowest BCUT2D eigenvalue weighted by molar-refractivity contribution is -0.136. The number of rotatable bonds is 6. The number of carbonyl (C=O) groups is 1. The number of primary sulfonamides is 1. The van der Waals surface area contributed by atoms with Gasteiger partial charge in [0.2, 0.25) is 10.0 Å². The fourth-order valence-electron chi connectivity index (χ4n) is 1.51. The standard InChI is InChI=1S/C11H15NO5S/c1-2-17-10-5-8(6-11(13)14)3-4-9(10)7-18(12,15)16/h3-5H,2,6-7H2,1H3,(H,13,14)(H2,12,15,16). The Morgan fingerprint density at radius 3 is 2.61 bits per heavy atom. The van der Waals surface area contributed by atoms with Gasteiger partial charge in [-0.1, -0.05) is 12.1 Å². The van der Waals surface area contributed by atoms with Crippen molar-refractivity contribution >= 4 is 16.0 Å². The Morgan fingerprint density at radius 1 is 1.44 bits per heavy atom. The molecule has 6 nitrogen and oxygen atoms in total. The van der Waals surface area contributed by atoms with Crippen molar-refractivity contribution in [2.75, 3.05) is 6.61 Å². The number of benzene rings is 1. The van der Waals surface area contributed by atoms with Crippen LogP contribution in [0.4, 0.5) is 0 Å².